The van der Waals surface area contributed by atoms with E-state index in [1.54, 1.807) is 48.5 Å². The summed E-state index contributed by atoms with van der Waals surface area (Å²) in [5.41, 5.74) is 10.3. The zero-order valence-corrected chi connectivity index (χ0v) is 37.4. The molecule has 0 aliphatic carbocycles. The first-order valence-electron chi connectivity index (χ1n) is 18.4. The number of rotatable bonds is 11. The Labute approximate surface area is 353 Å². The molecule has 0 aliphatic rings. The van der Waals surface area contributed by atoms with Gasteiger partial charge < -0.3 is 14.9 Å². The second kappa shape index (κ2) is 25.9. The van der Waals surface area contributed by atoms with E-state index in [1.807, 2.05) is 26.0 Å². The van der Waals surface area contributed by atoms with Crippen molar-refractivity contribution >= 4 is 34.3 Å². The molecule has 0 aromatic heterocycles. The second-order valence-corrected chi connectivity index (χ2v) is 13.8. The summed E-state index contributed by atoms with van der Waals surface area (Å²) in [4.78, 5) is 10.3. The predicted octanol–water partition coefficient (Wildman–Crippen LogP) is 8.34. The van der Waals surface area contributed by atoms with Gasteiger partial charge in [-0.25, -0.2) is 0 Å². The van der Waals surface area contributed by atoms with Gasteiger partial charge in [-0.05, 0) is 84.7 Å². The molecule has 0 saturated carbocycles. The van der Waals surface area contributed by atoms with E-state index in [0.717, 1.165) is 36.0 Å². The minimum absolute atomic E-state index is 0. The van der Waals surface area contributed by atoms with Gasteiger partial charge in [-0.1, -0.05) is 152 Å². The SMILES string of the molecule is CC(=Nc1c(C(C)C)cccc1C(C)C)C(C)=Nc1c(C(C)C)cccc1C(C)C.CCOCC.[Na+].[Ni].[O-]/C(=C(\[O-])c1ccccc1)c1ccccc1. The van der Waals surface area contributed by atoms with Crippen LogP contribution in [0.25, 0.3) is 11.5 Å². The van der Waals surface area contributed by atoms with E-state index in [4.69, 9.17) is 14.7 Å². The van der Waals surface area contributed by atoms with Crippen molar-refractivity contribution in [1.29, 1.82) is 0 Å². The van der Waals surface area contributed by atoms with E-state index >= 15 is 0 Å². The van der Waals surface area contributed by atoms with Gasteiger partial charge in [-0.3, -0.25) is 9.98 Å². The number of hydrogen-bond donors (Lipinski definition) is 0. The van der Waals surface area contributed by atoms with E-state index < -0.39 is 11.5 Å². The predicted molar refractivity (Wildman–Crippen MR) is 217 cm³/mol. The van der Waals surface area contributed by atoms with Crippen LogP contribution >= 0.6 is 0 Å². The van der Waals surface area contributed by atoms with Gasteiger partial charge in [-0.2, -0.15) is 0 Å². The maximum atomic E-state index is 11.8. The van der Waals surface area contributed by atoms with E-state index in [1.165, 1.54) is 22.3 Å². The number of hydrogen-bond acceptors (Lipinski definition) is 5. The van der Waals surface area contributed by atoms with Gasteiger partial charge in [-0.15, -0.1) is 11.5 Å². The molecule has 4 aromatic rings. The number of benzene rings is 4. The fraction of sp³-hybridized carbons (Fsp3) is 0.391. The molecule has 7 heteroatoms. The molecule has 0 amide bonds. The summed E-state index contributed by atoms with van der Waals surface area (Å²) < 4.78 is 4.83. The van der Waals surface area contributed by atoms with Gasteiger partial charge in [0.1, 0.15) is 0 Å². The van der Waals surface area contributed by atoms with Crippen LogP contribution in [-0.2, 0) is 21.2 Å². The van der Waals surface area contributed by atoms with Crippen LogP contribution in [0, 0.1) is 0 Å². The average Bonchev–Trinajstić information content (AvgIpc) is 3.12. The van der Waals surface area contributed by atoms with E-state index in [-0.39, 0.29) is 46.0 Å². The van der Waals surface area contributed by atoms with Gasteiger partial charge in [0.05, 0.1) is 22.8 Å². The summed E-state index contributed by atoms with van der Waals surface area (Å²) in [6.45, 7) is 27.8. The van der Waals surface area contributed by atoms with Crippen LogP contribution in [0.5, 0.6) is 0 Å². The van der Waals surface area contributed by atoms with E-state index in [0.29, 0.717) is 34.8 Å². The zero-order chi connectivity index (χ0) is 38.1. The second-order valence-electron chi connectivity index (χ2n) is 13.8. The molecule has 0 saturated heterocycles. The molecule has 0 radical (unpaired) electrons. The first-order chi connectivity index (χ1) is 24.2. The Morgan fingerprint density at radius 1 is 0.491 bits per heavy atom. The summed E-state index contributed by atoms with van der Waals surface area (Å²) in [6.07, 6.45) is 0. The molecule has 284 valence electrons. The number of aliphatic imine (C=N–C) groups is 2. The van der Waals surface area contributed by atoms with Crippen molar-refractivity contribution in [1.82, 2.24) is 0 Å². The summed E-state index contributed by atoms with van der Waals surface area (Å²) >= 11 is 0. The Morgan fingerprint density at radius 2 is 0.755 bits per heavy atom. The average molecular weight is 771 g/mol. The normalized spacial score (nSPS) is 11.9. The monoisotopic (exact) mass is 769 g/mol. The molecule has 0 heterocycles. The van der Waals surface area contributed by atoms with Gasteiger partial charge in [0.2, 0.25) is 0 Å². The minimum Gasteiger partial charge on any atom is -0.872 e. The van der Waals surface area contributed by atoms with Crippen LogP contribution in [0.15, 0.2) is 107 Å². The molecule has 4 rings (SSSR count). The molecule has 0 unspecified atom stereocenters. The van der Waals surface area contributed by atoms with Gasteiger partial charge in [0, 0.05) is 29.7 Å². The van der Waals surface area contributed by atoms with Crippen molar-refractivity contribution < 1.29 is 61.0 Å². The van der Waals surface area contributed by atoms with Gasteiger partial charge in [0.25, 0.3) is 0 Å². The molecule has 0 spiro atoms. The fourth-order valence-corrected chi connectivity index (χ4v) is 5.42. The fourth-order valence-electron chi connectivity index (χ4n) is 5.42. The van der Waals surface area contributed by atoms with Crippen molar-refractivity contribution in [2.45, 2.75) is 107 Å². The standard InChI is InChI=1S/C28H40N2.C14H12O2.C4H10O.Na.Ni/c1-17(2)23-13-11-14-24(18(3)4)27(23)29-21(9)22(10)30-28-25(19(5)6)15-12-16-26(28)20(7)8;15-13(11-7-3-1-4-8-11)14(16)12-9-5-2-6-10-12;1-3-5-4-2;;/h11-20H,1-10H3;1-10,15-16H;3-4H2,1-2H3;;/q;;;+1;/p-2/b;14-13-;;;. The number of nitrogens with zero attached hydrogens (tertiary/aromatic N) is 2. The molecule has 5 nitrogen and oxygen atoms in total. The summed E-state index contributed by atoms with van der Waals surface area (Å²) in [5, 5.41) is 23.6. The van der Waals surface area contributed by atoms with Crippen molar-refractivity contribution in [2.75, 3.05) is 13.2 Å². The molecule has 0 N–H and O–H groups in total. The Morgan fingerprint density at radius 3 is 0.962 bits per heavy atom. The number of para-hydroxylation sites is 2. The summed E-state index contributed by atoms with van der Waals surface area (Å²) in [6, 6.07) is 30.3. The quantitative estimate of drug-likeness (QED) is 0.0666. The van der Waals surface area contributed by atoms with Crippen LogP contribution in [0.2, 0.25) is 0 Å². The largest absolute Gasteiger partial charge is 1.00 e. The first kappa shape index (κ1) is 50.0. The third-order valence-corrected chi connectivity index (χ3v) is 8.45. The zero-order valence-electron chi connectivity index (χ0n) is 34.4. The molecule has 0 aliphatic heterocycles. The van der Waals surface area contributed by atoms with Gasteiger partial charge >= 0.3 is 29.6 Å². The smallest absolute Gasteiger partial charge is 0.872 e. The summed E-state index contributed by atoms with van der Waals surface area (Å²) in [5.74, 6) is 0.797. The van der Waals surface area contributed by atoms with Crippen molar-refractivity contribution in [3.63, 3.8) is 0 Å². The van der Waals surface area contributed by atoms with Crippen molar-refractivity contribution in [3.05, 3.63) is 130 Å². The molecular weight excluding hydrogens is 710 g/mol. The van der Waals surface area contributed by atoms with E-state index in [9.17, 15) is 10.2 Å². The van der Waals surface area contributed by atoms with Crippen molar-refractivity contribution in [2.24, 2.45) is 9.98 Å². The maximum Gasteiger partial charge on any atom is 1.00 e. The molecule has 0 atom stereocenters. The Bertz CT molecular complexity index is 1550. The van der Waals surface area contributed by atoms with Crippen LogP contribution in [0.1, 0.15) is 140 Å². The Balaban J connectivity index is 0.000000983. The summed E-state index contributed by atoms with van der Waals surface area (Å²) in [7, 11) is 0. The van der Waals surface area contributed by atoms with E-state index in [2.05, 4.69) is 106 Å². The third kappa shape index (κ3) is 15.7. The first-order valence-corrected chi connectivity index (χ1v) is 18.4. The van der Waals surface area contributed by atoms with Crippen LogP contribution in [-0.4, -0.2) is 24.6 Å². The molecule has 4 aromatic carbocycles. The topological polar surface area (TPSA) is 80.1 Å². The molecule has 53 heavy (non-hydrogen) atoms. The maximum absolute atomic E-state index is 11.8. The van der Waals surface area contributed by atoms with Crippen molar-refractivity contribution in [3.8, 4) is 0 Å². The molecular formula is C46H60N2NaNiO3-. The van der Waals surface area contributed by atoms with Crippen LogP contribution < -0.4 is 39.8 Å². The van der Waals surface area contributed by atoms with Crippen LogP contribution in [0.4, 0.5) is 11.4 Å². The molecule has 0 bridgehead atoms. The third-order valence-electron chi connectivity index (χ3n) is 8.45. The Hall–Kier alpha value is -2.99. The Kier molecular flexibility index (Phi) is 24.5. The minimum atomic E-state index is -0.466. The van der Waals surface area contributed by atoms with Gasteiger partial charge in [0.15, 0.2) is 0 Å². The number of ether oxygens (including phenoxy) is 1. The van der Waals surface area contributed by atoms with Crippen LogP contribution in [0.3, 0.4) is 0 Å². The molecule has 0 fully saturated rings.